The Kier molecular flexibility index (Phi) is 73.4. The molecule has 3 aromatic rings. The van der Waals surface area contributed by atoms with Crippen LogP contribution in [0.2, 0.25) is 0 Å². The van der Waals surface area contributed by atoms with Crippen molar-refractivity contribution in [3.05, 3.63) is 84.3 Å². The van der Waals surface area contributed by atoms with Crippen LogP contribution in [-0.4, -0.2) is 151 Å². The van der Waals surface area contributed by atoms with Crippen molar-refractivity contribution in [2.24, 2.45) is 0 Å². The molecule has 3 rings (SSSR count). The number of amides is 4. The Hall–Kier alpha value is -5.81. The smallest absolute Gasteiger partial charge is 0.409 e. The number of carbonyl (C=O) groups is 3. The van der Waals surface area contributed by atoms with E-state index in [2.05, 4.69) is 144 Å². The van der Waals surface area contributed by atoms with E-state index >= 15 is 0 Å². The third-order valence-corrected chi connectivity index (χ3v) is 9.36. The number of urea groups is 1. The van der Waals surface area contributed by atoms with Gasteiger partial charge in [0.05, 0.1) is 30.8 Å². The molecular formula is C57H115N13O5. The lowest BCUT2D eigenvalue weighted by Crippen LogP contribution is -2.38. The Balaban J connectivity index is -0.000000138. The largest absolute Gasteiger partial charge is 0.453 e. The minimum Gasteiger partial charge on any atom is -0.453 e. The van der Waals surface area contributed by atoms with Crippen molar-refractivity contribution in [2.45, 2.75) is 203 Å². The van der Waals surface area contributed by atoms with Gasteiger partial charge in [-0.3, -0.25) is 14.0 Å². The second-order valence-corrected chi connectivity index (χ2v) is 15.6. The molecule has 0 aliphatic rings. The highest BCUT2D eigenvalue weighted by Gasteiger charge is 2.09. The quantitative estimate of drug-likeness (QED) is 0.125. The summed E-state index contributed by atoms with van der Waals surface area (Å²) in [5.74, 6) is 0. The van der Waals surface area contributed by atoms with Gasteiger partial charge in [-0.05, 0) is 128 Å². The number of aryl methyl sites for hydroxylation is 6. The monoisotopic (exact) mass is 1060 g/mol. The predicted octanol–water partition coefficient (Wildman–Crippen LogP) is 13.8. The van der Waals surface area contributed by atoms with Crippen molar-refractivity contribution in [3.63, 3.8) is 0 Å². The van der Waals surface area contributed by atoms with Crippen molar-refractivity contribution in [3.8, 4) is 0 Å². The predicted molar refractivity (Wildman–Crippen MR) is 318 cm³/mol. The summed E-state index contributed by atoms with van der Waals surface area (Å²) < 4.78 is 14.5. The molecule has 75 heavy (non-hydrogen) atoms. The summed E-state index contributed by atoms with van der Waals surface area (Å²) >= 11 is 0. The van der Waals surface area contributed by atoms with Crippen LogP contribution in [0.25, 0.3) is 0 Å². The van der Waals surface area contributed by atoms with E-state index in [1.54, 1.807) is 49.6 Å². The maximum absolute atomic E-state index is 11.2. The number of rotatable bonds is 16. The fourth-order valence-electron chi connectivity index (χ4n) is 4.21. The fraction of sp³-hybridized carbons (Fsp3) is 0.702. The number of allylic oxidation sites excluding steroid dienone is 8. The highest BCUT2D eigenvalue weighted by molar-refractivity contribution is 5.73. The lowest BCUT2D eigenvalue weighted by molar-refractivity contribution is 0.118. The average Bonchev–Trinajstić information content (AvgIpc) is 4.24. The maximum Gasteiger partial charge on any atom is 0.409 e. The second kappa shape index (κ2) is 66.2. The van der Waals surface area contributed by atoms with E-state index in [1.165, 1.54) is 42.6 Å². The Morgan fingerprint density at radius 3 is 0.933 bits per heavy atom. The lowest BCUT2D eigenvalue weighted by Gasteiger charge is -2.22. The molecule has 18 heteroatoms. The third-order valence-electron chi connectivity index (χ3n) is 9.36. The first-order valence-electron chi connectivity index (χ1n) is 27.6. The molecule has 0 bridgehead atoms. The molecule has 0 saturated carbocycles. The zero-order valence-corrected chi connectivity index (χ0v) is 52.5. The molecule has 0 fully saturated rings. The molecule has 438 valence electrons. The molecule has 18 nitrogen and oxygen atoms in total. The molecule has 3 heterocycles. The second-order valence-electron chi connectivity index (χ2n) is 15.6. The van der Waals surface area contributed by atoms with E-state index in [1.807, 2.05) is 97.2 Å². The van der Waals surface area contributed by atoms with Gasteiger partial charge in [0.2, 0.25) is 0 Å². The first kappa shape index (κ1) is 83.2. The number of carbonyl (C=O) groups excluding carboxylic acids is 3. The minimum atomic E-state index is -0.285. The van der Waals surface area contributed by atoms with Gasteiger partial charge in [-0.1, -0.05) is 120 Å². The summed E-state index contributed by atoms with van der Waals surface area (Å²) in [4.78, 5) is 38.7. The molecule has 0 aromatic carbocycles. The van der Waals surface area contributed by atoms with Gasteiger partial charge in [0, 0.05) is 92.6 Å². The van der Waals surface area contributed by atoms with E-state index in [0.29, 0.717) is 19.7 Å². The van der Waals surface area contributed by atoms with Crippen LogP contribution in [0.15, 0.2) is 67.2 Å². The number of hydrogen-bond acceptors (Lipinski definition) is 11. The van der Waals surface area contributed by atoms with Crippen LogP contribution in [0.5, 0.6) is 0 Å². The van der Waals surface area contributed by atoms with Gasteiger partial charge in [0.25, 0.3) is 0 Å². The van der Waals surface area contributed by atoms with Crippen LogP contribution in [0.1, 0.15) is 180 Å². The third kappa shape index (κ3) is 60.6. The summed E-state index contributed by atoms with van der Waals surface area (Å²) in [5.41, 5.74) is 3.11. The van der Waals surface area contributed by atoms with Crippen LogP contribution in [-0.2, 0) is 41.9 Å². The van der Waals surface area contributed by atoms with Gasteiger partial charge < -0.3 is 29.1 Å². The molecular weight excluding hydrogens is 947 g/mol. The van der Waals surface area contributed by atoms with Gasteiger partial charge in [-0.25, -0.2) is 14.4 Å². The highest BCUT2D eigenvalue weighted by atomic mass is 16.6. The van der Waals surface area contributed by atoms with E-state index in [4.69, 9.17) is 0 Å². The van der Waals surface area contributed by atoms with Crippen LogP contribution in [0, 0.1) is 6.92 Å². The van der Waals surface area contributed by atoms with Crippen LogP contribution in [0.3, 0.4) is 0 Å². The van der Waals surface area contributed by atoms with E-state index in [0.717, 1.165) is 75.5 Å². The molecule has 0 saturated heterocycles. The van der Waals surface area contributed by atoms with Gasteiger partial charge in [-0.15, -0.1) is 15.3 Å². The van der Waals surface area contributed by atoms with Crippen LogP contribution >= 0.6 is 0 Å². The minimum absolute atomic E-state index is 0.0880. The normalized spacial score (nSPS) is 9.60. The highest BCUT2D eigenvalue weighted by Crippen LogP contribution is 1.94. The molecule has 4 amide bonds. The topological polar surface area (TPSA) is 175 Å². The molecule has 0 atom stereocenters. The number of hydrogen-bond donors (Lipinski definition) is 0. The molecule has 0 radical (unpaired) electrons. The van der Waals surface area contributed by atoms with E-state index in [-0.39, 0.29) is 18.2 Å². The Labute approximate surface area is 460 Å². The molecule has 3 aromatic heterocycles. The Bertz CT molecular complexity index is 1620. The molecule has 0 aliphatic heterocycles. The van der Waals surface area contributed by atoms with Gasteiger partial charge >= 0.3 is 18.2 Å². The lowest BCUT2D eigenvalue weighted by atomic mass is 10.4. The standard InChI is InChI=1S/C7H16N2O.2C6H11N3.C6H13NO2.2C6H12.C5H9N3.C5H11NO2.2C5H10/c1-5-8(3)7(10)9(4)6-2;2*1-3-6-5-9(4-2)8-7-6;1-4-7(3)6(8)9-5-2;2*1-3-5-6-4-2;1-3-8-4-5(2)6-7-8;1-4-6(2)5(7)8-3;2*1-3-5-4-2/h5-6H2,1-4H3;2*5H,3-4H2,1-2H3;4-5H2,1-3H3;2*5-6H,3-4H2,1-2H3;4H,3H2,1-2H3;4H2,1-3H3;2*3,5H,4H2,1-2H3/b;;;;6-5+;6-5-;;;5-3+;5-3-. The summed E-state index contributed by atoms with van der Waals surface area (Å²) in [5, 5.41) is 23.2. The van der Waals surface area contributed by atoms with Crippen LogP contribution in [0.4, 0.5) is 14.4 Å². The number of aromatic nitrogens is 9. The summed E-state index contributed by atoms with van der Waals surface area (Å²) in [6.07, 6.45) is 31.4. The van der Waals surface area contributed by atoms with Crippen molar-refractivity contribution in [1.82, 2.24) is 64.6 Å². The summed E-state index contributed by atoms with van der Waals surface area (Å²) in [6, 6.07) is 0.0880. The summed E-state index contributed by atoms with van der Waals surface area (Å²) in [6.45, 7) is 44.7. The van der Waals surface area contributed by atoms with Crippen molar-refractivity contribution < 1.29 is 23.9 Å². The van der Waals surface area contributed by atoms with Crippen molar-refractivity contribution >= 4 is 18.2 Å². The first-order valence-corrected chi connectivity index (χ1v) is 27.6. The summed E-state index contributed by atoms with van der Waals surface area (Å²) in [7, 11) is 8.36. The van der Waals surface area contributed by atoms with Gasteiger partial charge in [-0.2, -0.15) is 0 Å². The fourth-order valence-corrected chi connectivity index (χ4v) is 4.21. The number of methoxy groups -OCH3 is 1. The van der Waals surface area contributed by atoms with Crippen LogP contribution < -0.4 is 0 Å². The maximum atomic E-state index is 11.2. The molecule has 0 N–H and O–H groups in total. The van der Waals surface area contributed by atoms with E-state index in [9.17, 15) is 14.4 Å². The van der Waals surface area contributed by atoms with Crippen molar-refractivity contribution in [1.29, 1.82) is 0 Å². The number of ether oxygens (including phenoxy) is 2. The number of nitrogens with zero attached hydrogens (tertiary/aromatic N) is 13. The van der Waals surface area contributed by atoms with E-state index < -0.39 is 0 Å². The Morgan fingerprint density at radius 1 is 0.467 bits per heavy atom. The van der Waals surface area contributed by atoms with Crippen molar-refractivity contribution in [2.75, 3.05) is 68.1 Å². The zero-order chi connectivity index (χ0) is 59.3. The van der Waals surface area contributed by atoms with Gasteiger partial charge in [0.15, 0.2) is 0 Å². The first-order chi connectivity index (χ1) is 35.8. The molecule has 0 aliphatic carbocycles. The average molecular weight is 1060 g/mol. The SMILES string of the molecule is C/C=C/CC.C/C=C\CC.CC/C=C/CC.CC/C=C\CC.CCN(C)C(=O)N(C)CC.CCN(C)C(=O)OC.CCOC(=O)N(C)CC.CCc1cn(CC)nn1.CCc1cn(CC)nn1.CCn1cc(C)nn1. The van der Waals surface area contributed by atoms with Gasteiger partial charge in [0.1, 0.15) is 0 Å². The molecule has 0 spiro atoms. The zero-order valence-electron chi connectivity index (χ0n) is 52.5. The Morgan fingerprint density at radius 2 is 0.773 bits per heavy atom. The molecule has 0 unspecified atom stereocenters.